The number of hydrogen-bond donors (Lipinski definition) is 0. The van der Waals surface area contributed by atoms with Gasteiger partial charge in [0.1, 0.15) is 0 Å². The fourth-order valence-corrected chi connectivity index (χ4v) is 1.39. The zero-order valence-electron chi connectivity index (χ0n) is 4.93. The van der Waals surface area contributed by atoms with Gasteiger partial charge in [-0.15, -0.1) is 4.67 Å². The van der Waals surface area contributed by atoms with Gasteiger partial charge in [-0.05, 0) is 0 Å². The first kappa shape index (κ1) is 7.84. The van der Waals surface area contributed by atoms with Crippen LogP contribution in [0.4, 0.5) is 0 Å². The van der Waals surface area contributed by atoms with Gasteiger partial charge in [0.25, 0.3) is 0 Å². The van der Waals surface area contributed by atoms with Crippen LogP contribution in [0, 0.1) is 5.75 Å². The van der Waals surface area contributed by atoms with Crippen LogP contribution in [0.3, 0.4) is 0 Å². The second-order valence-electron chi connectivity index (χ2n) is 1.70. The van der Waals surface area contributed by atoms with E-state index < -0.39 is 0 Å². The molecule has 2 rings (SSSR count). The molecule has 54 valence electrons. The Morgan fingerprint density at radius 1 is 1.60 bits per heavy atom. The maximum atomic E-state index is 4.09. The van der Waals surface area contributed by atoms with Gasteiger partial charge in [-0.25, -0.2) is 11.8 Å². The largest absolute Gasteiger partial charge is 0.337 e. The number of fused-ring (bicyclic) bond motifs is 1. The molecule has 2 nitrogen and oxygen atoms in total. The minimum atomic E-state index is 0. The maximum Gasteiger partial charge on any atom is 0.305 e. The van der Waals surface area contributed by atoms with Crippen LogP contribution >= 0.6 is 11.8 Å². The molecular formula is C6H4N2PdS. The summed E-state index contributed by atoms with van der Waals surface area (Å²) in [6, 6.07) is 0. The fraction of sp³-hybridized carbons (Fsp3) is 0. The summed E-state index contributed by atoms with van der Waals surface area (Å²) in [5.74, 6) is 1.99. The number of allylic oxidation sites excluding steroid dienone is 1. The summed E-state index contributed by atoms with van der Waals surface area (Å²) in [7, 11) is 0. The van der Waals surface area contributed by atoms with Crippen molar-refractivity contribution >= 4 is 29.9 Å². The summed E-state index contributed by atoms with van der Waals surface area (Å²) < 4.78 is 4.09. The van der Waals surface area contributed by atoms with E-state index >= 15 is 0 Å². The average Bonchev–Trinajstić information content (AvgIpc) is 2.33. The van der Waals surface area contributed by atoms with E-state index in [2.05, 4.69) is 9.66 Å². The first-order valence-electron chi connectivity index (χ1n) is 2.60. The van der Waals surface area contributed by atoms with Crippen LogP contribution in [-0.2, 0) is 20.4 Å². The van der Waals surface area contributed by atoms with Crippen molar-refractivity contribution in [2.45, 2.75) is 0 Å². The fourth-order valence-electron chi connectivity index (χ4n) is 0.704. The molecule has 0 fully saturated rings. The Bertz CT molecular complexity index is 261. The Morgan fingerprint density at radius 2 is 2.50 bits per heavy atom. The molecular weight excluding hydrogens is 239 g/mol. The van der Waals surface area contributed by atoms with Crippen molar-refractivity contribution in [1.82, 2.24) is 4.67 Å². The molecule has 0 N–H and O–H groups in total. The minimum Gasteiger partial charge on any atom is -0.337 e. The number of hydrogen-bond acceptors (Lipinski definition) is 2. The summed E-state index contributed by atoms with van der Waals surface area (Å²) in [4.78, 5) is 4.09. The smallest absolute Gasteiger partial charge is 0.305 e. The Hall–Kier alpha value is -0.258. The summed E-state index contributed by atoms with van der Waals surface area (Å²) in [5, 5.41) is 1.99. The molecule has 0 amide bonds. The second-order valence-corrected chi connectivity index (χ2v) is 2.44. The van der Waals surface area contributed by atoms with Gasteiger partial charge in [0.05, 0.1) is 6.21 Å². The van der Waals surface area contributed by atoms with Crippen LogP contribution in [0.2, 0.25) is 0 Å². The van der Waals surface area contributed by atoms with E-state index in [-0.39, 0.29) is 20.4 Å². The van der Waals surface area contributed by atoms with Crippen molar-refractivity contribution in [1.29, 1.82) is 0 Å². The van der Waals surface area contributed by atoms with Crippen LogP contribution in [-0.4, -0.2) is 18.1 Å². The van der Waals surface area contributed by atoms with Gasteiger partial charge in [-0.1, -0.05) is 11.2 Å². The molecule has 0 saturated heterocycles. The second kappa shape index (κ2) is 3.23. The third-order valence-corrected chi connectivity index (χ3v) is 1.83. The van der Waals surface area contributed by atoms with Gasteiger partial charge in [0.15, 0.2) is 0 Å². The minimum absolute atomic E-state index is 0. The summed E-state index contributed by atoms with van der Waals surface area (Å²) >= 11 is 1.63. The van der Waals surface area contributed by atoms with Gasteiger partial charge in [0, 0.05) is 26.1 Å². The van der Waals surface area contributed by atoms with Crippen LogP contribution in [0.25, 0.3) is 0 Å². The van der Waals surface area contributed by atoms with E-state index in [0.29, 0.717) is 0 Å². The number of thioether (sulfide) groups is 1. The predicted molar refractivity (Wildman–Crippen MR) is 41.7 cm³/mol. The van der Waals surface area contributed by atoms with E-state index in [4.69, 9.17) is 0 Å². The molecule has 0 aliphatic carbocycles. The number of rotatable bonds is 0. The molecule has 2 aliphatic rings. The van der Waals surface area contributed by atoms with E-state index in [0.717, 1.165) is 11.4 Å². The van der Waals surface area contributed by atoms with E-state index in [9.17, 15) is 0 Å². The van der Waals surface area contributed by atoms with Crippen molar-refractivity contribution in [3.05, 3.63) is 16.9 Å². The standard InChI is InChI=1S/C6H4N2S.Pd/c1-2-8-6-4-9-3-5(6)7-1;/h1-4H;. The molecule has 0 spiro atoms. The van der Waals surface area contributed by atoms with Crippen LogP contribution in [0.15, 0.2) is 16.1 Å². The topological polar surface area (TPSA) is 26.5 Å². The van der Waals surface area contributed by atoms with Crippen molar-refractivity contribution in [3.63, 3.8) is 0 Å². The zero-order valence-corrected chi connectivity index (χ0v) is 7.30. The van der Waals surface area contributed by atoms with Crippen molar-refractivity contribution in [2.75, 3.05) is 0 Å². The Balaban J connectivity index is 0.000000500. The van der Waals surface area contributed by atoms with Crippen molar-refractivity contribution in [2.24, 2.45) is 4.99 Å². The van der Waals surface area contributed by atoms with Gasteiger partial charge < -0.3 is 4.99 Å². The quantitative estimate of drug-likeness (QED) is 0.343. The summed E-state index contributed by atoms with van der Waals surface area (Å²) in [5.41, 5.74) is 1.98. The molecule has 0 saturated carbocycles. The Morgan fingerprint density at radius 3 is 3.30 bits per heavy atom. The van der Waals surface area contributed by atoms with Gasteiger partial charge in [0.2, 0.25) is 5.71 Å². The first-order chi connectivity index (χ1) is 4.47. The molecule has 2 heterocycles. The Labute approximate surface area is 76.9 Å². The van der Waals surface area contributed by atoms with E-state index in [1.807, 2.05) is 11.2 Å². The molecule has 0 bridgehead atoms. The number of nitrogens with zero attached hydrogens (tertiary/aromatic N) is 2. The zero-order chi connectivity index (χ0) is 6.10. The van der Waals surface area contributed by atoms with E-state index in [1.165, 1.54) is 0 Å². The SMILES string of the molecule is C1=NC2=CS[CH-]C2=[N+]=C1.[Pd]. The third-order valence-electron chi connectivity index (χ3n) is 1.12. The van der Waals surface area contributed by atoms with Crippen molar-refractivity contribution < 1.29 is 20.4 Å². The van der Waals surface area contributed by atoms with Gasteiger partial charge in [-0.3, -0.25) is 0 Å². The molecule has 10 heavy (non-hydrogen) atoms. The van der Waals surface area contributed by atoms with Gasteiger partial charge >= 0.3 is 6.21 Å². The van der Waals surface area contributed by atoms with Crippen molar-refractivity contribution in [3.8, 4) is 0 Å². The third kappa shape index (κ3) is 1.26. The average molecular weight is 243 g/mol. The molecule has 2 aliphatic heterocycles. The molecule has 0 aromatic heterocycles. The molecule has 0 unspecified atom stereocenters. The van der Waals surface area contributed by atoms with Crippen LogP contribution in [0.5, 0.6) is 0 Å². The number of aliphatic imine (C=N–C) groups is 1. The summed E-state index contributed by atoms with van der Waals surface area (Å²) in [6.07, 6.45) is 3.41. The molecule has 0 atom stereocenters. The molecule has 0 radical (unpaired) electrons. The Kier molecular flexibility index (Phi) is 2.53. The van der Waals surface area contributed by atoms with Gasteiger partial charge in [-0.2, -0.15) is 0 Å². The normalized spacial score (nSPS) is 18.4. The molecule has 4 heteroatoms. The first-order valence-corrected chi connectivity index (χ1v) is 3.54. The summed E-state index contributed by atoms with van der Waals surface area (Å²) in [6.45, 7) is 0. The van der Waals surface area contributed by atoms with E-state index in [1.54, 1.807) is 24.2 Å². The molecule has 0 aromatic rings. The monoisotopic (exact) mass is 242 g/mol. The predicted octanol–water partition coefficient (Wildman–Crippen LogP) is 0.397. The van der Waals surface area contributed by atoms with Crippen LogP contribution < -0.4 is 4.67 Å². The molecule has 0 aromatic carbocycles. The van der Waals surface area contributed by atoms with Crippen LogP contribution in [0.1, 0.15) is 0 Å². The maximum absolute atomic E-state index is 4.09.